The molecular weight excluding hydrogens is 456 g/mol. The molecule has 0 radical (unpaired) electrons. The summed E-state index contributed by atoms with van der Waals surface area (Å²) in [6.07, 6.45) is 2.82. The highest BCUT2D eigenvalue weighted by atomic mass is 79.9. The molecule has 0 aliphatic carbocycles. The van der Waals surface area contributed by atoms with Crippen LogP contribution in [0.15, 0.2) is 53.0 Å². The van der Waals surface area contributed by atoms with Crippen LogP contribution in [-0.4, -0.2) is 40.3 Å². The SMILES string of the molecule is CCc1ccc(OCCNC(=O)CCCN(c2ccc(Br)cc2)S(C)(=O)=O)cc1. The van der Waals surface area contributed by atoms with E-state index in [-0.39, 0.29) is 18.9 Å². The summed E-state index contributed by atoms with van der Waals surface area (Å²) in [7, 11) is -3.42. The normalized spacial score (nSPS) is 11.1. The van der Waals surface area contributed by atoms with Gasteiger partial charge in [-0.15, -0.1) is 0 Å². The fraction of sp³-hybridized carbons (Fsp3) is 0.381. The Morgan fingerprint density at radius 2 is 1.76 bits per heavy atom. The van der Waals surface area contributed by atoms with Gasteiger partial charge in [0.15, 0.2) is 0 Å². The van der Waals surface area contributed by atoms with Crippen molar-refractivity contribution in [1.82, 2.24) is 5.32 Å². The number of sulfonamides is 1. The number of aryl methyl sites for hydroxylation is 1. The molecule has 2 rings (SSSR count). The Morgan fingerprint density at radius 3 is 2.34 bits per heavy atom. The molecule has 0 bridgehead atoms. The molecule has 0 saturated heterocycles. The van der Waals surface area contributed by atoms with Gasteiger partial charge in [0, 0.05) is 17.4 Å². The number of hydrogen-bond acceptors (Lipinski definition) is 4. The van der Waals surface area contributed by atoms with Crippen molar-refractivity contribution in [2.75, 3.05) is 30.3 Å². The first-order valence-corrected chi connectivity index (χ1v) is 12.2. The van der Waals surface area contributed by atoms with Crippen molar-refractivity contribution in [2.24, 2.45) is 0 Å². The second kappa shape index (κ2) is 11.2. The minimum absolute atomic E-state index is 0.126. The molecule has 29 heavy (non-hydrogen) atoms. The van der Waals surface area contributed by atoms with Gasteiger partial charge in [0.1, 0.15) is 12.4 Å². The highest BCUT2D eigenvalue weighted by Gasteiger charge is 2.17. The van der Waals surface area contributed by atoms with Crippen molar-refractivity contribution in [3.05, 3.63) is 58.6 Å². The summed E-state index contributed by atoms with van der Waals surface area (Å²) in [6, 6.07) is 14.9. The number of nitrogens with zero attached hydrogens (tertiary/aromatic N) is 1. The van der Waals surface area contributed by atoms with E-state index in [1.165, 1.54) is 16.1 Å². The molecule has 0 spiro atoms. The molecule has 1 N–H and O–H groups in total. The summed E-state index contributed by atoms with van der Waals surface area (Å²) in [6.45, 7) is 3.12. The minimum Gasteiger partial charge on any atom is -0.492 e. The number of carbonyl (C=O) groups is 1. The number of carbonyl (C=O) groups excluding carboxylic acids is 1. The van der Waals surface area contributed by atoms with Gasteiger partial charge in [-0.25, -0.2) is 8.42 Å². The molecule has 0 aliphatic heterocycles. The molecule has 2 aromatic rings. The number of amides is 1. The van der Waals surface area contributed by atoms with Gasteiger partial charge in [-0.1, -0.05) is 35.0 Å². The van der Waals surface area contributed by atoms with Gasteiger partial charge in [0.2, 0.25) is 15.9 Å². The Kier molecular flexibility index (Phi) is 8.98. The number of nitrogens with one attached hydrogen (secondary N) is 1. The van der Waals surface area contributed by atoms with Gasteiger partial charge in [-0.2, -0.15) is 0 Å². The van der Waals surface area contributed by atoms with Gasteiger partial charge in [0.25, 0.3) is 0 Å². The van der Waals surface area contributed by atoms with Crippen molar-refractivity contribution in [2.45, 2.75) is 26.2 Å². The number of hydrogen-bond donors (Lipinski definition) is 1. The maximum atomic E-state index is 12.1. The monoisotopic (exact) mass is 482 g/mol. The Hall–Kier alpha value is -2.06. The first-order valence-electron chi connectivity index (χ1n) is 9.51. The van der Waals surface area contributed by atoms with Crippen LogP contribution in [0.1, 0.15) is 25.3 Å². The molecule has 0 heterocycles. The Balaban J connectivity index is 1.72. The van der Waals surface area contributed by atoms with E-state index in [2.05, 4.69) is 28.2 Å². The maximum absolute atomic E-state index is 12.1. The fourth-order valence-electron chi connectivity index (χ4n) is 2.75. The van der Waals surface area contributed by atoms with Crippen molar-refractivity contribution in [1.29, 1.82) is 0 Å². The molecule has 8 heteroatoms. The Bertz CT molecular complexity index is 884. The molecule has 0 aliphatic rings. The van der Waals surface area contributed by atoms with E-state index in [4.69, 9.17) is 4.74 Å². The smallest absolute Gasteiger partial charge is 0.232 e. The molecule has 0 atom stereocenters. The summed E-state index contributed by atoms with van der Waals surface area (Å²) < 4.78 is 31.9. The molecule has 158 valence electrons. The van der Waals surface area contributed by atoms with Crippen LogP contribution in [0.25, 0.3) is 0 Å². The highest BCUT2D eigenvalue weighted by Crippen LogP contribution is 2.21. The average Bonchev–Trinajstić information content (AvgIpc) is 2.69. The zero-order valence-electron chi connectivity index (χ0n) is 16.7. The van der Waals surface area contributed by atoms with Crippen LogP contribution in [-0.2, 0) is 21.2 Å². The van der Waals surface area contributed by atoms with Crippen LogP contribution >= 0.6 is 15.9 Å². The van der Waals surface area contributed by atoms with Gasteiger partial charge >= 0.3 is 0 Å². The van der Waals surface area contributed by atoms with Crippen LogP contribution in [0, 0.1) is 0 Å². The van der Waals surface area contributed by atoms with Crippen molar-refractivity contribution < 1.29 is 17.9 Å². The maximum Gasteiger partial charge on any atom is 0.232 e. The zero-order valence-corrected chi connectivity index (χ0v) is 19.1. The predicted molar refractivity (Wildman–Crippen MR) is 120 cm³/mol. The van der Waals surface area contributed by atoms with E-state index < -0.39 is 10.0 Å². The number of benzene rings is 2. The molecule has 0 fully saturated rings. The van der Waals surface area contributed by atoms with E-state index in [0.29, 0.717) is 25.3 Å². The van der Waals surface area contributed by atoms with Gasteiger partial charge in [-0.3, -0.25) is 9.10 Å². The van der Waals surface area contributed by atoms with Crippen LogP contribution in [0.4, 0.5) is 5.69 Å². The lowest BCUT2D eigenvalue weighted by Gasteiger charge is -2.22. The average molecular weight is 483 g/mol. The predicted octanol–water partition coefficient (Wildman–Crippen LogP) is 3.75. The molecule has 0 saturated carbocycles. The third-order valence-corrected chi connectivity index (χ3v) is 6.03. The summed E-state index contributed by atoms with van der Waals surface area (Å²) in [5, 5.41) is 2.80. The van der Waals surface area contributed by atoms with Gasteiger partial charge in [-0.05, 0) is 54.8 Å². The summed E-state index contributed by atoms with van der Waals surface area (Å²) in [5.41, 5.74) is 1.83. The van der Waals surface area contributed by atoms with E-state index in [1.807, 2.05) is 24.3 Å². The Labute approximate surface area is 181 Å². The summed E-state index contributed by atoms with van der Waals surface area (Å²) in [4.78, 5) is 12.0. The molecular formula is C21H27BrN2O4S. The van der Waals surface area contributed by atoms with Crippen LogP contribution in [0.5, 0.6) is 5.75 Å². The molecule has 0 unspecified atom stereocenters. The third-order valence-electron chi connectivity index (χ3n) is 4.30. The minimum atomic E-state index is -3.42. The third kappa shape index (κ3) is 8.06. The van der Waals surface area contributed by atoms with E-state index in [0.717, 1.165) is 16.6 Å². The lowest BCUT2D eigenvalue weighted by atomic mass is 10.2. The topological polar surface area (TPSA) is 75.7 Å². The van der Waals surface area contributed by atoms with E-state index in [9.17, 15) is 13.2 Å². The van der Waals surface area contributed by atoms with Gasteiger partial charge in [0.05, 0.1) is 18.5 Å². The largest absolute Gasteiger partial charge is 0.492 e. The molecule has 1 amide bonds. The second-order valence-electron chi connectivity index (χ2n) is 6.61. The van der Waals surface area contributed by atoms with Crippen molar-refractivity contribution in [3.8, 4) is 5.75 Å². The van der Waals surface area contributed by atoms with E-state index >= 15 is 0 Å². The summed E-state index contributed by atoms with van der Waals surface area (Å²) in [5.74, 6) is 0.647. The molecule has 0 aromatic heterocycles. The molecule has 6 nitrogen and oxygen atoms in total. The highest BCUT2D eigenvalue weighted by molar-refractivity contribution is 9.10. The van der Waals surface area contributed by atoms with Crippen LogP contribution in [0.3, 0.4) is 0 Å². The first-order chi connectivity index (χ1) is 13.8. The quantitative estimate of drug-likeness (QED) is 0.494. The lowest BCUT2D eigenvalue weighted by Crippen LogP contribution is -2.32. The zero-order chi connectivity index (χ0) is 21.3. The lowest BCUT2D eigenvalue weighted by molar-refractivity contribution is -0.121. The fourth-order valence-corrected chi connectivity index (χ4v) is 3.98. The van der Waals surface area contributed by atoms with Gasteiger partial charge < -0.3 is 10.1 Å². The van der Waals surface area contributed by atoms with Crippen LogP contribution < -0.4 is 14.4 Å². The summed E-state index contributed by atoms with van der Waals surface area (Å²) >= 11 is 3.34. The van der Waals surface area contributed by atoms with Crippen molar-refractivity contribution in [3.63, 3.8) is 0 Å². The number of ether oxygens (including phenoxy) is 1. The number of rotatable bonds is 11. The van der Waals surface area contributed by atoms with Crippen LogP contribution in [0.2, 0.25) is 0 Å². The number of anilines is 1. The standard InChI is InChI=1S/C21H27BrN2O4S/c1-3-17-6-12-20(13-7-17)28-16-14-23-21(25)5-4-15-24(29(2,26)27)19-10-8-18(22)9-11-19/h6-13H,3-5,14-16H2,1-2H3,(H,23,25). The number of halogens is 1. The Morgan fingerprint density at radius 1 is 1.10 bits per heavy atom. The first kappa shape index (κ1) is 23.2. The van der Waals surface area contributed by atoms with E-state index in [1.54, 1.807) is 24.3 Å². The molecule has 2 aromatic carbocycles. The second-order valence-corrected chi connectivity index (χ2v) is 9.43. The van der Waals surface area contributed by atoms with Crippen molar-refractivity contribution >= 4 is 37.5 Å².